The maximum Gasteiger partial charge on any atom is 0.271 e. The van der Waals surface area contributed by atoms with Crippen LogP contribution in [0.3, 0.4) is 0 Å². The van der Waals surface area contributed by atoms with Crippen LogP contribution in [0, 0.1) is 10.1 Å². The molecule has 0 aliphatic carbocycles. The lowest BCUT2D eigenvalue weighted by Gasteiger charge is -2.09. The topological polar surface area (TPSA) is 137 Å². The molecular weight excluding hydrogens is 488 g/mol. The summed E-state index contributed by atoms with van der Waals surface area (Å²) in [4.78, 5) is 33.0. The van der Waals surface area contributed by atoms with E-state index in [2.05, 4.69) is 42.4 Å². The monoisotopic (exact) mass is 498 g/mol. The molecule has 27 heavy (non-hydrogen) atoms. The number of primary amides is 1. The predicted molar refractivity (Wildman–Crippen MR) is 105 cm³/mol. The van der Waals surface area contributed by atoms with Gasteiger partial charge in [0.25, 0.3) is 17.5 Å². The molecule has 2 aromatic rings. The Hall–Kier alpha value is -2.79. The Bertz CT molecular complexity index is 910. The van der Waals surface area contributed by atoms with Crippen molar-refractivity contribution in [1.29, 1.82) is 0 Å². The van der Waals surface area contributed by atoms with Crippen LogP contribution < -0.4 is 15.9 Å². The molecule has 0 spiro atoms. The number of hydrazone groups is 1. The number of ether oxygens (including phenoxy) is 1. The fourth-order valence-electron chi connectivity index (χ4n) is 1.93. The second kappa shape index (κ2) is 9.24. The Morgan fingerprint density at radius 1 is 1.26 bits per heavy atom. The molecule has 0 radical (unpaired) electrons. The quantitative estimate of drug-likeness (QED) is 0.342. The zero-order chi connectivity index (χ0) is 20.0. The number of nitrogens with two attached hydrogens (primary N) is 1. The fourth-order valence-corrected chi connectivity index (χ4v) is 3.38. The van der Waals surface area contributed by atoms with Crippen molar-refractivity contribution in [3.8, 4) is 5.75 Å². The summed E-state index contributed by atoms with van der Waals surface area (Å²) in [6, 6.07) is 8.61. The average molecular weight is 500 g/mol. The summed E-state index contributed by atoms with van der Waals surface area (Å²) in [7, 11) is 0. The van der Waals surface area contributed by atoms with Gasteiger partial charge in [-0.3, -0.25) is 19.7 Å². The van der Waals surface area contributed by atoms with Gasteiger partial charge in [0.05, 0.1) is 20.1 Å². The molecule has 2 aromatic carbocycles. The van der Waals surface area contributed by atoms with Gasteiger partial charge in [0.1, 0.15) is 5.75 Å². The molecule has 2 amide bonds. The lowest BCUT2D eigenvalue weighted by Crippen LogP contribution is -2.20. The van der Waals surface area contributed by atoms with Crippen molar-refractivity contribution in [2.75, 3.05) is 6.61 Å². The zero-order valence-corrected chi connectivity index (χ0v) is 16.7. The molecule has 140 valence electrons. The molecular formula is C16H12Br2N4O5. The summed E-state index contributed by atoms with van der Waals surface area (Å²) in [5.74, 6) is -0.802. The SMILES string of the molecule is NC(=O)COc1c(Br)cc(/C=N/NC(=O)c2cccc([N+](=O)[O-])c2)cc1Br. The molecule has 0 saturated carbocycles. The van der Waals surface area contributed by atoms with E-state index in [-0.39, 0.29) is 17.9 Å². The Kier molecular flexibility index (Phi) is 7.02. The number of nitrogens with zero attached hydrogens (tertiary/aromatic N) is 2. The van der Waals surface area contributed by atoms with Crippen molar-refractivity contribution >= 4 is 55.6 Å². The van der Waals surface area contributed by atoms with Gasteiger partial charge in [-0.15, -0.1) is 0 Å². The van der Waals surface area contributed by atoms with E-state index in [0.29, 0.717) is 20.3 Å². The Morgan fingerprint density at radius 2 is 1.93 bits per heavy atom. The molecule has 11 heteroatoms. The van der Waals surface area contributed by atoms with Gasteiger partial charge in [0.15, 0.2) is 6.61 Å². The first-order chi connectivity index (χ1) is 12.8. The molecule has 0 heterocycles. The van der Waals surface area contributed by atoms with Crippen LogP contribution in [-0.2, 0) is 4.79 Å². The van der Waals surface area contributed by atoms with Gasteiger partial charge >= 0.3 is 0 Å². The van der Waals surface area contributed by atoms with Crippen LogP contribution >= 0.6 is 31.9 Å². The van der Waals surface area contributed by atoms with Gasteiger partial charge in [-0.2, -0.15) is 5.10 Å². The molecule has 9 nitrogen and oxygen atoms in total. The number of halogens is 2. The maximum atomic E-state index is 12.0. The molecule has 0 aliphatic rings. The van der Waals surface area contributed by atoms with E-state index in [9.17, 15) is 19.7 Å². The second-order valence-electron chi connectivity index (χ2n) is 5.08. The number of nitro benzene ring substituents is 1. The Morgan fingerprint density at radius 3 is 2.52 bits per heavy atom. The third-order valence-corrected chi connectivity index (χ3v) is 4.26. The van der Waals surface area contributed by atoms with Crippen molar-refractivity contribution in [2.24, 2.45) is 10.8 Å². The van der Waals surface area contributed by atoms with E-state index in [1.165, 1.54) is 24.4 Å². The van der Waals surface area contributed by atoms with Crippen LogP contribution in [0.5, 0.6) is 5.75 Å². The molecule has 0 fully saturated rings. The zero-order valence-electron chi connectivity index (χ0n) is 13.5. The van der Waals surface area contributed by atoms with Crippen LogP contribution in [0.2, 0.25) is 0 Å². The molecule has 0 aromatic heterocycles. The van der Waals surface area contributed by atoms with E-state index in [1.54, 1.807) is 12.1 Å². The first-order valence-electron chi connectivity index (χ1n) is 7.26. The van der Waals surface area contributed by atoms with E-state index < -0.39 is 16.7 Å². The molecule has 2 rings (SSSR count). The summed E-state index contributed by atoms with van der Waals surface area (Å²) in [5, 5.41) is 14.6. The van der Waals surface area contributed by atoms with Crippen LogP contribution in [-0.4, -0.2) is 29.6 Å². The van der Waals surface area contributed by atoms with Gasteiger partial charge in [0.2, 0.25) is 0 Å². The number of nitrogens with one attached hydrogen (secondary N) is 1. The first kappa shape index (κ1) is 20.5. The van der Waals surface area contributed by atoms with E-state index >= 15 is 0 Å². The van der Waals surface area contributed by atoms with Gasteiger partial charge in [-0.05, 0) is 55.6 Å². The number of hydrogen-bond donors (Lipinski definition) is 2. The van der Waals surface area contributed by atoms with Crippen LogP contribution in [0.15, 0.2) is 50.4 Å². The van der Waals surface area contributed by atoms with Crippen LogP contribution in [0.4, 0.5) is 5.69 Å². The number of benzene rings is 2. The lowest BCUT2D eigenvalue weighted by atomic mass is 10.2. The highest BCUT2D eigenvalue weighted by Gasteiger charge is 2.12. The lowest BCUT2D eigenvalue weighted by molar-refractivity contribution is -0.384. The van der Waals surface area contributed by atoms with Crippen LogP contribution in [0.25, 0.3) is 0 Å². The minimum Gasteiger partial charge on any atom is -0.481 e. The van der Waals surface area contributed by atoms with Crippen molar-refractivity contribution in [2.45, 2.75) is 0 Å². The number of carbonyl (C=O) groups is 2. The third kappa shape index (κ3) is 5.86. The standard InChI is InChI=1S/C16H12Br2N4O5/c17-12-4-9(5-13(18)15(12)27-8-14(19)23)7-20-21-16(24)10-2-1-3-11(6-10)22(25)26/h1-7H,8H2,(H2,19,23)(H,21,24)/b20-7+. The average Bonchev–Trinajstić information content (AvgIpc) is 2.60. The summed E-state index contributed by atoms with van der Waals surface area (Å²) in [5.41, 5.74) is 7.87. The van der Waals surface area contributed by atoms with Gasteiger partial charge in [-0.25, -0.2) is 5.43 Å². The smallest absolute Gasteiger partial charge is 0.271 e. The third-order valence-electron chi connectivity index (χ3n) is 3.08. The Balaban J connectivity index is 2.07. The molecule has 0 atom stereocenters. The molecule has 0 unspecified atom stereocenters. The van der Waals surface area contributed by atoms with Crippen molar-refractivity contribution < 1.29 is 19.2 Å². The number of nitro groups is 1. The number of hydrogen-bond acceptors (Lipinski definition) is 6. The first-order valence-corrected chi connectivity index (χ1v) is 8.84. The Labute approximate surface area is 170 Å². The minimum absolute atomic E-state index is 0.110. The highest BCUT2D eigenvalue weighted by Crippen LogP contribution is 2.34. The van der Waals surface area contributed by atoms with Crippen molar-refractivity contribution in [1.82, 2.24) is 5.43 Å². The number of carbonyl (C=O) groups excluding carboxylic acids is 2. The van der Waals surface area contributed by atoms with Gasteiger partial charge < -0.3 is 10.5 Å². The summed E-state index contributed by atoms with van der Waals surface area (Å²) in [6.45, 7) is -0.274. The predicted octanol–water partition coefficient (Wildman–Crippen LogP) is 2.75. The molecule has 3 N–H and O–H groups in total. The van der Waals surface area contributed by atoms with E-state index in [4.69, 9.17) is 10.5 Å². The fraction of sp³-hybridized carbons (Fsp3) is 0.0625. The largest absolute Gasteiger partial charge is 0.481 e. The highest BCUT2D eigenvalue weighted by atomic mass is 79.9. The molecule has 0 saturated heterocycles. The summed E-state index contributed by atoms with van der Waals surface area (Å²) >= 11 is 6.61. The van der Waals surface area contributed by atoms with E-state index in [0.717, 1.165) is 6.07 Å². The highest BCUT2D eigenvalue weighted by molar-refractivity contribution is 9.11. The molecule has 0 bridgehead atoms. The summed E-state index contributed by atoms with van der Waals surface area (Å²) < 4.78 is 6.37. The normalized spacial score (nSPS) is 10.6. The van der Waals surface area contributed by atoms with Gasteiger partial charge in [-0.1, -0.05) is 6.07 Å². The maximum absolute atomic E-state index is 12.0. The minimum atomic E-state index is -0.608. The van der Waals surface area contributed by atoms with Crippen molar-refractivity contribution in [3.63, 3.8) is 0 Å². The van der Waals surface area contributed by atoms with Crippen LogP contribution in [0.1, 0.15) is 15.9 Å². The molecule has 0 aliphatic heterocycles. The van der Waals surface area contributed by atoms with Crippen molar-refractivity contribution in [3.05, 3.63) is 66.6 Å². The summed E-state index contributed by atoms with van der Waals surface area (Å²) in [6.07, 6.45) is 1.38. The van der Waals surface area contributed by atoms with Gasteiger partial charge in [0, 0.05) is 17.7 Å². The number of non-ortho nitro benzene ring substituents is 1. The van der Waals surface area contributed by atoms with E-state index in [1.807, 2.05) is 0 Å². The number of rotatable bonds is 7. The second-order valence-corrected chi connectivity index (χ2v) is 6.78. The number of amides is 2.